The minimum Gasteiger partial charge on any atom is -0.466 e. The van der Waals surface area contributed by atoms with Gasteiger partial charge in [-0.15, -0.1) is 0 Å². The number of aliphatic hydroxyl groups is 2. The topological polar surface area (TPSA) is 95.9 Å². The smallest absolute Gasteiger partial charge is 0.305 e. The molecule has 2 atom stereocenters. The van der Waals surface area contributed by atoms with Crippen LogP contribution in [0.4, 0.5) is 0 Å². The van der Waals surface area contributed by atoms with Crippen molar-refractivity contribution in [3.63, 3.8) is 0 Å². The van der Waals surface area contributed by atoms with Crippen LogP contribution in [0, 0.1) is 0 Å². The van der Waals surface area contributed by atoms with E-state index in [2.05, 4.69) is 43.5 Å². The first kappa shape index (κ1) is 66.1. The Balaban J connectivity index is 3.37. The highest BCUT2D eigenvalue weighted by Gasteiger charge is 2.18. The molecular formula is C62H117NO5. The molecule has 0 aliphatic rings. The molecule has 0 heterocycles. The van der Waals surface area contributed by atoms with E-state index in [9.17, 15) is 19.8 Å². The van der Waals surface area contributed by atoms with E-state index < -0.39 is 12.1 Å². The highest BCUT2D eigenvalue weighted by molar-refractivity contribution is 5.76. The van der Waals surface area contributed by atoms with Gasteiger partial charge in [-0.1, -0.05) is 262 Å². The molecule has 0 radical (unpaired) electrons. The lowest BCUT2D eigenvalue weighted by molar-refractivity contribution is -0.143. The molecule has 0 spiro atoms. The van der Waals surface area contributed by atoms with Crippen molar-refractivity contribution in [3.8, 4) is 0 Å². The monoisotopic (exact) mass is 956 g/mol. The zero-order chi connectivity index (χ0) is 49.3. The summed E-state index contributed by atoms with van der Waals surface area (Å²) in [6, 6.07) is -0.627. The molecule has 2 unspecified atom stereocenters. The Morgan fingerprint density at radius 3 is 1.04 bits per heavy atom. The number of carbonyl (C=O) groups excluding carboxylic acids is 2. The summed E-state index contributed by atoms with van der Waals surface area (Å²) in [7, 11) is 0. The predicted molar refractivity (Wildman–Crippen MR) is 296 cm³/mol. The molecule has 0 saturated heterocycles. The fourth-order valence-corrected chi connectivity index (χ4v) is 9.21. The molecule has 0 aromatic rings. The maximum absolute atomic E-state index is 12.4. The third kappa shape index (κ3) is 53.4. The number of hydrogen-bond donors (Lipinski definition) is 3. The van der Waals surface area contributed by atoms with Gasteiger partial charge in [0.15, 0.2) is 0 Å². The van der Waals surface area contributed by atoms with Crippen molar-refractivity contribution < 1.29 is 24.5 Å². The van der Waals surface area contributed by atoms with Crippen molar-refractivity contribution in [2.75, 3.05) is 13.2 Å². The van der Waals surface area contributed by atoms with Crippen LogP contribution in [0.25, 0.3) is 0 Å². The number of nitrogens with one attached hydrogen (secondary N) is 1. The lowest BCUT2D eigenvalue weighted by Gasteiger charge is -2.20. The van der Waals surface area contributed by atoms with E-state index >= 15 is 0 Å². The first-order valence-corrected chi connectivity index (χ1v) is 30.3. The molecule has 0 aromatic heterocycles. The Morgan fingerprint density at radius 2 is 0.691 bits per heavy atom. The van der Waals surface area contributed by atoms with Crippen molar-refractivity contribution in [3.05, 3.63) is 36.5 Å². The number of hydrogen-bond acceptors (Lipinski definition) is 5. The molecular weight excluding hydrogens is 839 g/mol. The zero-order valence-electron chi connectivity index (χ0n) is 45.6. The fraction of sp³-hybridized carbons (Fsp3) is 0.871. The Bertz CT molecular complexity index is 1100. The summed E-state index contributed by atoms with van der Waals surface area (Å²) in [5.74, 6) is -0.0662. The second-order valence-electron chi connectivity index (χ2n) is 20.7. The average Bonchev–Trinajstić information content (AvgIpc) is 3.34. The number of carbonyl (C=O) groups is 2. The van der Waals surface area contributed by atoms with Gasteiger partial charge in [-0.25, -0.2) is 0 Å². The average molecular weight is 957 g/mol. The van der Waals surface area contributed by atoms with Crippen LogP contribution in [0.1, 0.15) is 322 Å². The quantitative estimate of drug-likeness (QED) is 0.0321. The lowest BCUT2D eigenvalue weighted by atomic mass is 10.0. The summed E-state index contributed by atoms with van der Waals surface area (Å²) in [4.78, 5) is 24.4. The predicted octanol–water partition coefficient (Wildman–Crippen LogP) is 18.8. The van der Waals surface area contributed by atoms with Crippen molar-refractivity contribution in [1.82, 2.24) is 5.32 Å². The number of esters is 1. The number of rotatable bonds is 56. The Labute approximate surface area is 424 Å². The molecule has 0 rings (SSSR count). The normalized spacial score (nSPS) is 12.8. The Kier molecular flexibility index (Phi) is 56.0. The van der Waals surface area contributed by atoms with Crippen LogP contribution < -0.4 is 5.32 Å². The first-order chi connectivity index (χ1) is 33.5. The van der Waals surface area contributed by atoms with Crippen molar-refractivity contribution in [2.45, 2.75) is 334 Å². The summed E-state index contributed by atoms with van der Waals surface area (Å²) < 4.78 is 5.48. The van der Waals surface area contributed by atoms with E-state index in [0.29, 0.717) is 19.4 Å². The molecule has 68 heavy (non-hydrogen) atoms. The van der Waals surface area contributed by atoms with Gasteiger partial charge in [0.25, 0.3) is 0 Å². The zero-order valence-corrected chi connectivity index (χ0v) is 45.6. The standard InChI is InChI=1S/C62H117NO5/c1-3-5-7-9-11-13-14-15-16-30-33-36-40-44-48-52-56-62(67)68-57-53-49-45-41-37-34-31-28-26-24-22-20-18-17-19-21-23-25-27-29-32-35-39-43-47-51-55-61(66)63-59(58-64)60(65)54-50-46-42-38-12-10-8-6-4-2/h16-17,19,30,50,54,59-60,64-65H,3-15,18,20-29,31-49,51-53,55-58H2,1-2H3,(H,63,66)/b19-17-,30-16-,54-50+. The van der Waals surface area contributed by atoms with Gasteiger partial charge >= 0.3 is 5.97 Å². The van der Waals surface area contributed by atoms with Crippen LogP contribution in [-0.4, -0.2) is 47.4 Å². The Morgan fingerprint density at radius 1 is 0.397 bits per heavy atom. The maximum Gasteiger partial charge on any atom is 0.305 e. The van der Waals surface area contributed by atoms with E-state index in [4.69, 9.17) is 4.74 Å². The number of unbranched alkanes of at least 4 members (excludes halogenated alkanes) is 41. The van der Waals surface area contributed by atoms with Gasteiger partial charge in [0.1, 0.15) is 0 Å². The van der Waals surface area contributed by atoms with E-state index in [0.717, 1.165) is 44.9 Å². The van der Waals surface area contributed by atoms with E-state index in [1.807, 2.05) is 6.08 Å². The van der Waals surface area contributed by atoms with Gasteiger partial charge in [0.05, 0.1) is 25.4 Å². The van der Waals surface area contributed by atoms with Gasteiger partial charge in [-0.3, -0.25) is 9.59 Å². The largest absolute Gasteiger partial charge is 0.466 e. The molecule has 0 aliphatic heterocycles. The van der Waals surface area contributed by atoms with E-state index in [1.54, 1.807) is 6.08 Å². The second-order valence-corrected chi connectivity index (χ2v) is 20.7. The highest BCUT2D eigenvalue weighted by Crippen LogP contribution is 2.16. The van der Waals surface area contributed by atoms with Gasteiger partial charge in [0, 0.05) is 12.8 Å². The molecule has 1 amide bonds. The third-order valence-electron chi connectivity index (χ3n) is 13.9. The van der Waals surface area contributed by atoms with Crippen LogP contribution in [0.15, 0.2) is 36.5 Å². The van der Waals surface area contributed by atoms with Gasteiger partial charge in [-0.2, -0.15) is 0 Å². The molecule has 3 N–H and O–H groups in total. The molecule has 0 saturated carbocycles. The van der Waals surface area contributed by atoms with Crippen molar-refractivity contribution in [1.29, 1.82) is 0 Å². The number of ether oxygens (including phenoxy) is 1. The minimum absolute atomic E-state index is 0.00624. The van der Waals surface area contributed by atoms with Crippen LogP contribution in [0.3, 0.4) is 0 Å². The van der Waals surface area contributed by atoms with Crippen LogP contribution in [0.5, 0.6) is 0 Å². The van der Waals surface area contributed by atoms with Crippen LogP contribution in [0.2, 0.25) is 0 Å². The minimum atomic E-state index is -0.843. The molecule has 400 valence electrons. The van der Waals surface area contributed by atoms with Crippen LogP contribution in [-0.2, 0) is 14.3 Å². The number of aliphatic hydroxyl groups excluding tert-OH is 2. The molecule has 6 nitrogen and oxygen atoms in total. The first-order valence-electron chi connectivity index (χ1n) is 30.3. The Hall–Kier alpha value is -1.92. The molecule has 6 heteroatoms. The summed E-state index contributed by atoms with van der Waals surface area (Å²) in [6.45, 7) is 4.88. The summed E-state index contributed by atoms with van der Waals surface area (Å²) in [6.07, 6.45) is 72.0. The summed E-state index contributed by atoms with van der Waals surface area (Å²) >= 11 is 0. The van der Waals surface area contributed by atoms with Gasteiger partial charge in [-0.05, 0) is 83.5 Å². The van der Waals surface area contributed by atoms with Crippen molar-refractivity contribution >= 4 is 11.9 Å². The van der Waals surface area contributed by atoms with Gasteiger partial charge in [0.2, 0.25) is 5.91 Å². The number of amides is 1. The van der Waals surface area contributed by atoms with Crippen molar-refractivity contribution in [2.24, 2.45) is 0 Å². The van der Waals surface area contributed by atoms with E-state index in [-0.39, 0.29) is 18.5 Å². The lowest BCUT2D eigenvalue weighted by Crippen LogP contribution is -2.45. The molecule has 0 bridgehead atoms. The second kappa shape index (κ2) is 57.7. The third-order valence-corrected chi connectivity index (χ3v) is 13.9. The SMILES string of the molecule is CCCCCCCCC/C=C\CCCCCCCC(=O)OCCCCCCCCCCCCCC/C=C\CCCCCCCCCCCCC(=O)NC(CO)C(O)/C=C/CCCCCCCCC. The maximum atomic E-state index is 12.4. The molecule has 0 aromatic carbocycles. The highest BCUT2D eigenvalue weighted by atomic mass is 16.5. The molecule has 0 fully saturated rings. The summed E-state index contributed by atoms with van der Waals surface area (Å²) in [5, 5.41) is 22.9. The van der Waals surface area contributed by atoms with E-state index in [1.165, 1.54) is 250 Å². The molecule has 0 aliphatic carbocycles. The van der Waals surface area contributed by atoms with Gasteiger partial charge < -0.3 is 20.3 Å². The fourth-order valence-electron chi connectivity index (χ4n) is 9.21. The van der Waals surface area contributed by atoms with Crippen LogP contribution >= 0.6 is 0 Å². The number of allylic oxidation sites excluding steroid dienone is 5. The summed E-state index contributed by atoms with van der Waals surface area (Å²) in [5.41, 5.74) is 0.